The Morgan fingerprint density at radius 3 is 2.58 bits per heavy atom. The number of carbonyl (C=O) groups excluding carboxylic acids is 2. The van der Waals surface area contributed by atoms with Crippen LogP contribution in [0, 0.1) is 11.8 Å². The number of nitrogens with one attached hydrogen (secondary N) is 1. The van der Waals surface area contributed by atoms with Crippen LogP contribution < -0.4 is 5.32 Å². The second-order valence-corrected chi connectivity index (χ2v) is 6.18. The van der Waals surface area contributed by atoms with Gasteiger partial charge < -0.3 is 19.5 Å². The second-order valence-electron chi connectivity index (χ2n) is 6.18. The summed E-state index contributed by atoms with van der Waals surface area (Å²) >= 11 is 0. The summed E-state index contributed by atoms with van der Waals surface area (Å²) in [7, 11) is 4.39. The zero-order chi connectivity index (χ0) is 17.5. The number of rotatable bonds is 5. The van der Waals surface area contributed by atoms with E-state index < -0.39 is 0 Å². The molecule has 7 heteroatoms. The highest BCUT2D eigenvalue weighted by Crippen LogP contribution is 2.29. The third kappa shape index (κ3) is 4.56. The summed E-state index contributed by atoms with van der Waals surface area (Å²) in [4.78, 5) is 27.6. The molecule has 1 saturated heterocycles. The molecule has 2 aliphatic heterocycles. The Morgan fingerprint density at radius 1 is 1.21 bits per heavy atom. The average Bonchev–Trinajstić information content (AvgIpc) is 2.65. The number of piperidine rings is 1. The minimum Gasteiger partial charge on any atom is -0.484 e. The Labute approximate surface area is 142 Å². The highest BCUT2D eigenvalue weighted by atomic mass is 16.5. The van der Waals surface area contributed by atoms with Gasteiger partial charge in [0.1, 0.15) is 0 Å². The topological polar surface area (TPSA) is 86.2 Å². The lowest BCUT2D eigenvalue weighted by atomic mass is 9.85. The minimum atomic E-state index is -0.332. The van der Waals surface area contributed by atoms with E-state index in [1.54, 1.807) is 13.3 Å². The van der Waals surface area contributed by atoms with Gasteiger partial charge in [0.2, 0.25) is 0 Å². The number of carbonyl (C=O) groups is 2. The lowest BCUT2D eigenvalue weighted by molar-refractivity contribution is -0.146. The molecule has 134 valence electrons. The quantitative estimate of drug-likeness (QED) is 0.763. The fourth-order valence-corrected chi connectivity index (χ4v) is 3.28. The molecule has 0 aliphatic carbocycles. The predicted octanol–water partition coefficient (Wildman–Crippen LogP) is 1.43. The number of ether oxygens (including phenoxy) is 3. The SMILES string of the molecule is COC(=O)C1=CN=C(OC)CC1CCC1CCC(C(=O)OC)CN1. The summed E-state index contributed by atoms with van der Waals surface area (Å²) in [5.74, 6) is 0.144. The molecule has 24 heavy (non-hydrogen) atoms. The van der Waals surface area contributed by atoms with Crippen molar-refractivity contribution in [2.75, 3.05) is 27.9 Å². The molecule has 7 nitrogen and oxygen atoms in total. The van der Waals surface area contributed by atoms with Crippen molar-refractivity contribution in [3.05, 3.63) is 11.8 Å². The van der Waals surface area contributed by atoms with Gasteiger partial charge in [0, 0.05) is 31.1 Å². The van der Waals surface area contributed by atoms with Crippen molar-refractivity contribution in [2.24, 2.45) is 16.8 Å². The van der Waals surface area contributed by atoms with Crippen LogP contribution in [-0.2, 0) is 23.8 Å². The van der Waals surface area contributed by atoms with E-state index in [1.165, 1.54) is 14.2 Å². The first kappa shape index (κ1) is 18.4. The molecule has 0 radical (unpaired) electrons. The van der Waals surface area contributed by atoms with Gasteiger partial charge in [0.25, 0.3) is 0 Å². The Balaban J connectivity index is 1.87. The molecule has 0 aromatic carbocycles. The lowest BCUT2D eigenvalue weighted by Gasteiger charge is -2.30. The van der Waals surface area contributed by atoms with Crippen LogP contribution in [-0.4, -0.2) is 51.8 Å². The lowest BCUT2D eigenvalue weighted by Crippen LogP contribution is -2.42. The Kier molecular flexibility index (Phi) is 6.78. The van der Waals surface area contributed by atoms with Crippen molar-refractivity contribution in [2.45, 2.75) is 38.1 Å². The van der Waals surface area contributed by atoms with Gasteiger partial charge in [-0.25, -0.2) is 9.79 Å². The van der Waals surface area contributed by atoms with Crippen LogP contribution in [0.2, 0.25) is 0 Å². The van der Waals surface area contributed by atoms with Gasteiger partial charge >= 0.3 is 11.9 Å². The molecule has 1 N–H and O–H groups in total. The minimum absolute atomic E-state index is 0.0463. The van der Waals surface area contributed by atoms with E-state index in [1.807, 2.05) is 0 Å². The normalized spacial score (nSPS) is 26.9. The molecule has 0 saturated carbocycles. The molecule has 0 aromatic heterocycles. The van der Waals surface area contributed by atoms with E-state index in [2.05, 4.69) is 10.3 Å². The van der Waals surface area contributed by atoms with E-state index in [4.69, 9.17) is 14.2 Å². The molecule has 3 atom stereocenters. The van der Waals surface area contributed by atoms with Crippen molar-refractivity contribution < 1.29 is 23.8 Å². The summed E-state index contributed by atoms with van der Waals surface area (Å²) in [5.41, 5.74) is 0.599. The van der Waals surface area contributed by atoms with Crippen molar-refractivity contribution >= 4 is 17.8 Å². The predicted molar refractivity (Wildman–Crippen MR) is 88.4 cm³/mol. The molecule has 0 bridgehead atoms. The number of hydrogen-bond acceptors (Lipinski definition) is 7. The van der Waals surface area contributed by atoms with Crippen LogP contribution in [0.4, 0.5) is 0 Å². The van der Waals surface area contributed by atoms with Gasteiger partial charge in [-0.05, 0) is 25.7 Å². The van der Waals surface area contributed by atoms with E-state index in [0.717, 1.165) is 25.7 Å². The highest BCUT2D eigenvalue weighted by Gasteiger charge is 2.30. The molecule has 0 aromatic rings. The molecule has 0 amide bonds. The molecular weight excluding hydrogens is 312 g/mol. The number of nitrogens with zero attached hydrogens (tertiary/aromatic N) is 1. The number of esters is 2. The van der Waals surface area contributed by atoms with Gasteiger partial charge in [0.15, 0.2) is 5.90 Å². The molecule has 2 heterocycles. The maximum Gasteiger partial charge on any atom is 0.335 e. The van der Waals surface area contributed by atoms with Gasteiger partial charge in [0.05, 0.1) is 32.8 Å². The summed E-state index contributed by atoms with van der Waals surface area (Å²) < 4.78 is 14.9. The molecule has 0 spiro atoms. The number of methoxy groups -OCH3 is 3. The van der Waals surface area contributed by atoms with Gasteiger partial charge in [-0.3, -0.25) is 4.79 Å². The zero-order valence-corrected chi connectivity index (χ0v) is 14.5. The van der Waals surface area contributed by atoms with E-state index in [9.17, 15) is 9.59 Å². The molecule has 2 rings (SSSR count). The summed E-state index contributed by atoms with van der Waals surface area (Å²) in [6, 6.07) is 0.342. The average molecular weight is 338 g/mol. The first-order chi connectivity index (χ1) is 11.6. The third-order valence-electron chi connectivity index (χ3n) is 4.78. The third-order valence-corrected chi connectivity index (χ3v) is 4.78. The van der Waals surface area contributed by atoms with Crippen LogP contribution >= 0.6 is 0 Å². The summed E-state index contributed by atoms with van der Waals surface area (Å²) in [5, 5.41) is 3.41. The van der Waals surface area contributed by atoms with Crippen LogP contribution in [0.3, 0.4) is 0 Å². The van der Waals surface area contributed by atoms with Crippen LogP contribution in [0.5, 0.6) is 0 Å². The van der Waals surface area contributed by atoms with E-state index in [-0.39, 0.29) is 23.8 Å². The maximum atomic E-state index is 11.9. The van der Waals surface area contributed by atoms with Crippen molar-refractivity contribution in [3.8, 4) is 0 Å². The Morgan fingerprint density at radius 2 is 2.00 bits per heavy atom. The van der Waals surface area contributed by atoms with Gasteiger partial charge in [-0.15, -0.1) is 0 Å². The van der Waals surface area contributed by atoms with Crippen molar-refractivity contribution in [1.29, 1.82) is 0 Å². The number of hydrogen-bond donors (Lipinski definition) is 1. The molecule has 3 unspecified atom stereocenters. The van der Waals surface area contributed by atoms with Crippen molar-refractivity contribution in [1.82, 2.24) is 5.32 Å². The molecule has 1 fully saturated rings. The smallest absolute Gasteiger partial charge is 0.335 e. The van der Waals surface area contributed by atoms with Crippen LogP contribution in [0.1, 0.15) is 32.1 Å². The largest absolute Gasteiger partial charge is 0.484 e. The standard InChI is InChI=1S/C17H26N2O5/c1-22-15-8-11(14(10-19-15)17(21)24-3)4-6-13-7-5-12(9-18-13)16(20)23-2/h10-13,18H,4-9H2,1-3H3. The van der Waals surface area contributed by atoms with Crippen LogP contribution in [0.25, 0.3) is 0 Å². The van der Waals surface area contributed by atoms with E-state index in [0.29, 0.717) is 30.5 Å². The maximum absolute atomic E-state index is 11.9. The molecular formula is C17H26N2O5. The van der Waals surface area contributed by atoms with Gasteiger partial charge in [-0.2, -0.15) is 0 Å². The first-order valence-electron chi connectivity index (χ1n) is 8.29. The van der Waals surface area contributed by atoms with E-state index >= 15 is 0 Å². The Hall–Kier alpha value is -1.89. The number of aliphatic imine (C=N–C) groups is 1. The summed E-state index contributed by atoms with van der Waals surface area (Å²) in [6.07, 6.45) is 5.68. The molecule has 2 aliphatic rings. The second kappa shape index (κ2) is 8.82. The van der Waals surface area contributed by atoms with Crippen LogP contribution in [0.15, 0.2) is 16.8 Å². The van der Waals surface area contributed by atoms with Crippen molar-refractivity contribution in [3.63, 3.8) is 0 Å². The first-order valence-corrected chi connectivity index (χ1v) is 8.29. The summed E-state index contributed by atoms with van der Waals surface area (Å²) in [6.45, 7) is 0.645. The monoisotopic (exact) mass is 338 g/mol. The zero-order valence-electron chi connectivity index (χ0n) is 14.5. The highest BCUT2D eigenvalue weighted by molar-refractivity contribution is 5.92. The Bertz CT molecular complexity index is 521. The fraction of sp³-hybridized carbons (Fsp3) is 0.706. The van der Waals surface area contributed by atoms with Gasteiger partial charge in [-0.1, -0.05) is 0 Å². The fourth-order valence-electron chi connectivity index (χ4n) is 3.28.